The second-order valence-electron chi connectivity index (χ2n) is 21.7. The van der Waals surface area contributed by atoms with Crippen molar-refractivity contribution in [3.8, 4) is 0 Å². The van der Waals surface area contributed by atoms with E-state index in [1.165, 1.54) is 56.9 Å². The maximum absolute atomic E-state index is 13.6. The van der Waals surface area contributed by atoms with Crippen LogP contribution in [0.15, 0.2) is 35.5 Å². The molecule has 4 saturated carbocycles. The number of ketones is 1. The van der Waals surface area contributed by atoms with Crippen LogP contribution in [0.1, 0.15) is 171 Å². The van der Waals surface area contributed by atoms with Gasteiger partial charge >= 0.3 is 0 Å². The number of aliphatic hydroxyl groups is 1. The van der Waals surface area contributed by atoms with Gasteiger partial charge < -0.3 is 14.0 Å². The minimum atomic E-state index is -2.02. The van der Waals surface area contributed by atoms with Gasteiger partial charge in [0, 0.05) is 18.3 Å². The van der Waals surface area contributed by atoms with Crippen molar-refractivity contribution in [2.75, 3.05) is 0 Å². The van der Waals surface area contributed by atoms with Gasteiger partial charge in [-0.15, -0.1) is 0 Å². The van der Waals surface area contributed by atoms with Crippen LogP contribution in [0.4, 0.5) is 0 Å². The molecule has 1 N–H and O–H groups in total. The molecule has 7 atom stereocenters. The number of fused-ring (bicyclic) bond motifs is 1. The summed E-state index contributed by atoms with van der Waals surface area (Å²) in [4.78, 5) is 13.6. The van der Waals surface area contributed by atoms with Crippen LogP contribution in [-0.4, -0.2) is 45.8 Å². The number of rotatable bonds is 17. The Morgan fingerprint density at radius 1 is 0.925 bits per heavy atom. The molecule has 4 nitrogen and oxygen atoms in total. The Bertz CT molecular complexity index is 1320. The van der Waals surface area contributed by atoms with E-state index in [0.29, 0.717) is 24.0 Å². The number of allylic oxidation sites excluding steroid dienone is 3. The van der Waals surface area contributed by atoms with E-state index in [4.69, 9.17) is 15.4 Å². The van der Waals surface area contributed by atoms with Crippen LogP contribution in [0.3, 0.4) is 0 Å². The van der Waals surface area contributed by atoms with Crippen molar-refractivity contribution < 1.29 is 18.8 Å². The monoisotopic (exact) mass is 769 g/mol. The van der Waals surface area contributed by atoms with Crippen LogP contribution >= 0.6 is 0 Å². The van der Waals surface area contributed by atoms with E-state index in [-0.39, 0.29) is 39.0 Å². The van der Waals surface area contributed by atoms with Crippen LogP contribution in [0.2, 0.25) is 36.3 Å². The largest absolute Gasteiger partial charge is 0.413 e. The Balaban J connectivity index is 1.47. The summed E-state index contributed by atoms with van der Waals surface area (Å²) in [7, 11) is -3.99. The lowest BCUT2D eigenvalue weighted by molar-refractivity contribution is -0.127. The Hall–Kier alpha value is -0.796. The molecule has 0 amide bonds. The minimum Gasteiger partial charge on any atom is -0.413 e. The number of carbonyl (C=O) groups is 1. The lowest BCUT2D eigenvalue weighted by Gasteiger charge is -2.46. The summed E-state index contributed by atoms with van der Waals surface area (Å²) < 4.78 is 14.2. The predicted octanol–water partition coefficient (Wildman–Crippen LogP) is 13.7. The highest BCUT2D eigenvalue weighted by atomic mass is 28.4. The molecular weight excluding hydrogens is 685 g/mol. The molecule has 4 aliphatic carbocycles. The second kappa shape index (κ2) is 17.4. The molecule has 0 aromatic rings. The van der Waals surface area contributed by atoms with Crippen LogP contribution in [0.5, 0.6) is 0 Å². The molecule has 0 spiro atoms. The lowest BCUT2D eigenvalue weighted by atomic mass is 9.60. The SMILES string of the molecule is C=C1/C(=C\C=C2/CCC[C@]3(C)[C@@H]([C@H](C)C(O)CC(=O)C4(CCCCCCCC)CC4)CC[C@@H]23)C[C@@H](O[Si](C)(C)C(C)(C)C)C[C@@H]1O[Si](C)(C)C(C)(C)C. The van der Waals surface area contributed by atoms with E-state index in [1.54, 1.807) is 5.57 Å². The molecule has 4 rings (SSSR count). The van der Waals surface area contributed by atoms with E-state index in [2.05, 4.69) is 101 Å². The average molecular weight is 769 g/mol. The van der Waals surface area contributed by atoms with Gasteiger partial charge in [0.15, 0.2) is 16.6 Å². The third-order valence-electron chi connectivity index (χ3n) is 15.9. The smallest absolute Gasteiger partial charge is 0.192 e. The molecule has 0 saturated heterocycles. The highest BCUT2D eigenvalue weighted by Crippen LogP contribution is 2.60. The maximum Gasteiger partial charge on any atom is 0.192 e. The minimum absolute atomic E-state index is 0.0119. The van der Waals surface area contributed by atoms with Gasteiger partial charge in [0.05, 0.1) is 18.3 Å². The molecular formula is C47H84O4Si2. The van der Waals surface area contributed by atoms with Crippen molar-refractivity contribution in [3.05, 3.63) is 35.5 Å². The first kappa shape index (κ1) is 44.9. The van der Waals surface area contributed by atoms with Gasteiger partial charge in [0.1, 0.15) is 5.78 Å². The highest BCUT2D eigenvalue weighted by molar-refractivity contribution is 6.74. The first-order valence-electron chi connectivity index (χ1n) is 22.1. The van der Waals surface area contributed by atoms with E-state index in [0.717, 1.165) is 56.9 Å². The molecule has 4 fully saturated rings. The molecule has 0 aromatic carbocycles. The van der Waals surface area contributed by atoms with Crippen molar-refractivity contribution >= 4 is 22.4 Å². The van der Waals surface area contributed by atoms with Gasteiger partial charge in [0.25, 0.3) is 0 Å². The number of unbranched alkanes of at least 4 members (excludes halogenated alkanes) is 5. The molecule has 0 bridgehead atoms. The van der Waals surface area contributed by atoms with Gasteiger partial charge in [-0.1, -0.05) is 125 Å². The van der Waals surface area contributed by atoms with Crippen LogP contribution < -0.4 is 0 Å². The van der Waals surface area contributed by atoms with Gasteiger partial charge in [-0.25, -0.2) is 0 Å². The van der Waals surface area contributed by atoms with Gasteiger partial charge in [-0.3, -0.25) is 4.79 Å². The Labute approximate surface area is 330 Å². The first-order valence-corrected chi connectivity index (χ1v) is 28.0. The maximum atomic E-state index is 13.6. The van der Waals surface area contributed by atoms with Gasteiger partial charge in [-0.05, 0) is 128 Å². The van der Waals surface area contributed by atoms with Crippen LogP contribution in [0, 0.1) is 28.6 Å². The predicted molar refractivity (Wildman–Crippen MR) is 231 cm³/mol. The van der Waals surface area contributed by atoms with Crippen LogP contribution in [0.25, 0.3) is 0 Å². The fraction of sp³-hybridized carbons (Fsp3) is 0.851. The summed E-state index contributed by atoms with van der Waals surface area (Å²) in [5.41, 5.74) is 4.07. The topological polar surface area (TPSA) is 55.8 Å². The van der Waals surface area contributed by atoms with Crippen molar-refractivity contribution in [3.63, 3.8) is 0 Å². The summed E-state index contributed by atoms with van der Waals surface area (Å²) in [5.74, 6) is 1.45. The first-order chi connectivity index (χ1) is 24.5. The van der Waals surface area contributed by atoms with Crippen molar-refractivity contribution in [2.45, 2.75) is 226 Å². The Morgan fingerprint density at radius 2 is 1.53 bits per heavy atom. The number of Topliss-reactive ketones (excluding diaryl/α,β-unsaturated/α-hetero) is 1. The summed E-state index contributed by atoms with van der Waals surface area (Å²) in [6.07, 6.45) is 23.2. The van der Waals surface area contributed by atoms with E-state index < -0.39 is 22.7 Å². The molecule has 1 unspecified atom stereocenters. The quantitative estimate of drug-likeness (QED) is 0.118. The summed E-state index contributed by atoms with van der Waals surface area (Å²) in [6, 6.07) is 0. The summed E-state index contributed by atoms with van der Waals surface area (Å²) in [5, 5.41) is 11.9. The molecule has 0 aliphatic heterocycles. The molecule has 4 aliphatic rings. The normalized spacial score (nSPS) is 30.8. The molecule has 0 aromatic heterocycles. The lowest BCUT2D eigenvalue weighted by Crippen LogP contribution is -2.49. The zero-order valence-electron chi connectivity index (χ0n) is 37.0. The zero-order chi connectivity index (χ0) is 39.6. The summed E-state index contributed by atoms with van der Waals surface area (Å²) >= 11 is 0. The van der Waals surface area contributed by atoms with Crippen molar-refractivity contribution in [1.82, 2.24) is 0 Å². The third kappa shape index (κ3) is 10.6. The standard InChI is InChI=1S/C47H84O4Si2/c1-15-16-17-18-19-20-28-47(29-30-47)43(49)33-41(48)35(3)39-25-26-40-36(22-21-27-46(39,40)10)23-24-37-31-38(50-52(11,12)44(4,5)6)32-42(34(37)2)51-53(13,14)45(7,8)9/h23-24,35,38-42,48H,2,15-22,25-33H2,1,3-14H3/b36-23+,37-24-/t35-,38+,39+,40-,41?,42-,46+/m0/s1. The zero-order valence-corrected chi connectivity index (χ0v) is 39.0. The van der Waals surface area contributed by atoms with Crippen molar-refractivity contribution in [1.29, 1.82) is 0 Å². The molecule has 0 heterocycles. The fourth-order valence-electron chi connectivity index (χ4n) is 9.83. The average Bonchev–Trinajstić information content (AvgIpc) is 3.75. The molecule has 0 radical (unpaired) electrons. The molecule has 304 valence electrons. The van der Waals surface area contributed by atoms with Crippen molar-refractivity contribution in [2.24, 2.45) is 28.6 Å². The number of carbonyl (C=O) groups excluding carboxylic acids is 1. The summed E-state index contributed by atoms with van der Waals surface area (Å²) in [6.45, 7) is 35.1. The Kier molecular flexibility index (Phi) is 14.7. The van der Waals surface area contributed by atoms with E-state index >= 15 is 0 Å². The number of hydrogen-bond acceptors (Lipinski definition) is 4. The van der Waals surface area contributed by atoms with E-state index in [1.807, 2.05) is 0 Å². The fourth-order valence-corrected chi connectivity index (χ4v) is 12.5. The molecule has 53 heavy (non-hydrogen) atoms. The number of aliphatic hydroxyl groups excluding tert-OH is 1. The van der Waals surface area contributed by atoms with Crippen LogP contribution in [-0.2, 0) is 13.6 Å². The van der Waals surface area contributed by atoms with Gasteiger partial charge in [-0.2, -0.15) is 0 Å². The third-order valence-corrected chi connectivity index (χ3v) is 24.9. The van der Waals surface area contributed by atoms with Gasteiger partial charge in [0.2, 0.25) is 0 Å². The molecule has 6 heteroatoms. The second-order valence-corrected chi connectivity index (χ2v) is 31.2. The highest BCUT2D eigenvalue weighted by Gasteiger charge is 2.53. The number of hydrogen-bond donors (Lipinski definition) is 1. The Morgan fingerprint density at radius 3 is 2.13 bits per heavy atom. The van der Waals surface area contributed by atoms with E-state index in [9.17, 15) is 9.90 Å².